The van der Waals surface area contributed by atoms with Crippen LogP contribution in [0.25, 0.3) is 16.2 Å². The third kappa shape index (κ3) is 1.14. The van der Waals surface area contributed by atoms with E-state index in [-0.39, 0.29) is 5.82 Å². The van der Waals surface area contributed by atoms with Crippen molar-refractivity contribution in [1.82, 2.24) is 14.6 Å². The Hall–Kier alpha value is -1.75. The van der Waals surface area contributed by atoms with Gasteiger partial charge in [0.25, 0.3) is 0 Å². The van der Waals surface area contributed by atoms with E-state index in [0.29, 0.717) is 6.42 Å². The van der Waals surface area contributed by atoms with E-state index in [0.717, 1.165) is 32.5 Å². The van der Waals surface area contributed by atoms with E-state index >= 15 is 0 Å². The van der Waals surface area contributed by atoms with E-state index in [4.69, 9.17) is 0 Å². The number of fused-ring (bicyclic) bond motifs is 5. The monoisotopic (exact) mass is 245 g/mol. The van der Waals surface area contributed by atoms with Crippen LogP contribution in [-0.2, 0) is 6.42 Å². The van der Waals surface area contributed by atoms with Crippen molar-refractivity contribution < 1.29 is 4.39 Å². The van der Waals surface area contributed by atoms with E-state index in [1.54, 1.807) is 23.5 Å². The summed E-state index contributed by atoms with van der Waals surface area (Å²) in [6.07, 6.45) is 0.715. The second-order valence-electron chi connectivity index (χ2n) is 4.20. The van der Waals surface area contributed by atoms with Gasteiger partial charge in [-0.05, 0) is 30.7 Å². The maximum absolute atomic E-state index is 13.2. The Bertz CT molecular complexity index is 757. The largest absolute Gasteiger partial charge is 0.217 e. The van der Waals surface area contributed by atoms with E-state index in [2.05, 4.69) is 10.1 Å². The number of hydrogen-bond acceptors (Lipinski definition) is 3. The Morgan fingerprint density at radius 3 is 3.18 bits per heavy atom. The van der Waals surface area contributed by atoms with Gasteiger partial charge in [0.05, 0.1) is 11.4 Å². The van der Waals surface area contributed by atoms with Gasteiger partial charge in [0, 0.05) is 12.0 Å². The summed E-state index contributed by atoms with van der Waals surface area (Å²) < 4.78 is 15.1. The van der Waals surface area contributed by atoms with Crippen molar-refractivity contribution >= 4 is 16.3 Å². The molecule has 1 aromatic carbocycles. The van der Waals surface area contributed by atoms with Crippen molar-refractivity contribution in [3.63, 3.8) is 0 Å². The minimum Gasteiger partial charge on any atom is -0.217 e. The van der Waals surface area contributed by atoms with Gasteiger partial charge in [0.2, 0.25) is 4.96 Å². The highest BCUT2D eigenvalue weighted by Gasteiger charge is 2.25. The van der Waals surface area contributed by atoms with Crippen LogP contribution in [0.2, 0.25) is 0 Å². The molecule has 84 valence electrons. The molecule has 4 rings (SSSR count). The van der Waals surface area contributed by atoms with Gasteiger partial charge < -0.3 is 0 Å². The number of nitrogens with zero attached hydrogens (tertiary/aromatic N) is 3. The normalized spacial score (nSPS) is 13.1. The molecular formula is C12H8FN3S. The molecule has 1 aliphatic rings. The summed E-state index contributed by atoms with van der Waals surface area (Å²) >= 11 is 1.58. The molecule has 3 aromatic rings. The molecule has 0 radical (unpaired) electrons. The molecule has 0 unspecified atom stereocenters. The first-order chi connectivity index (χ1) is 8.22. The van der Waals surface area contributed by atoms with Crippen molar-refractivity contribution in [2.75, 3.05) is 0 Å². The van der Waals surface area contributed by atoms with E-state index in [1.807, 2.05) is 11.4 Å². The van der Waals surface area contributed by atoms with Gasteiger partial charge in [0.15, 0.2) is 0 Å². The Morgan fingerprint density at radius 1 is 1.41 bits per heavy atom. The molecule has 0 bridgehead atoms. The fourth-order valence-electron chi connectivity index (χ4n) is 2.38. The van der Waals surface area contributed by atoms with Crippen LogP contribution in [0.1, 0.15) is 16.3 Å². The highest BCUT2D eigenvalue weighted by Crippen LogP contribution is 2.37. The fraction of sp³-hybridized carbons (Fsp3) is 0.167. The van der Waals surface area contributed by atoms with Crippen LogP contribution in [0.15, 0.2) is 18.2 Å². The minimum atomic E-state index is -0.190. The predicted octanol–water partition coefficient (Wildman–Crippen LogP) is 2.81. The number of rotatable bonds is 0. The molecule has 0 fully saturated rings. The standard InChI is InChI=1S/C12H8FN3S/c1-6-15-16-10-5-7-4-8(13)2-3-9(7)11(10)14-12(16)17-6/h2-4H,5H2,1H3. The Balaban J connectivity index is 2.04. The van der Waals surface area contributed by atoms with E-state index < -0.39 is 0 Å². The molecule has 0 saturated heterocycles. The zero-order chi connectivity index (χ0) is 11.6. The second-order valence-corrected chi connectivity index (χ2v) is 5.36. The predicted molar refractivity (Wildman–Crippen MR) is 63.8 cm³/mol. The average molecular weight is 245 g/mol. The lowest BCUT2D eigenvalue weighted by molar-refractivity contribution is 0.626. The first-order valence-electron chi connectivity index (χ1n) is 5.36. The lowest BCUT2D eigenvalue weighted by atomic mass is 10.1. The molecule has 0 saturated carbocycles. The van der Waals surface area contributed by atoms with Crippen molar-refractivity contribution in [3.05, 3.63) is 40.3 Å². The number of halogens is 1. The summed E-state index contributed by atoms with van der Waals surface area (Å²) in [5, 5.41) is 5.43. The van der Waals surface area contributed by atoms with Gasteiger partial charge in [-0.1, -0.05) is 11.3 Å². The molecule has 1 aliphatic carbocycles. The average Bonchev–Trinajstić information content (AvgIpc) is 2.87. The molecule has 0 amide bonds. The van der Waals surface area contributed by atoms with Crippen molar-refractivity contribution in [2.45, 2.75) is 13.3 Å². The van der Waals surface area contributed by atoms with Crippen LogP contribution in [0.5, 0.6) is 0 Å². The maximum Gasteiger partial charge on any atom is 0.212 e. The summed E-state index contributed by atoms with van der Waals surface area (Å²) in [7, 11) is 0. The van der Waals surface area contributed by atoms with Crippen LogP contribution >= 0.6 is 11.3 Å². The number of benzene rings is 1. The van der Waals surface area contributed by atoms with Crippen LogP contribution in [-0.4, -0.2) is 14.6 Å². The molecule has 0 aliphatic heterocycles. The SMILES string of the molecule is Cc1nn2c3c(nc2s1)-c1ccc(F)cc1C3. The van der Waals surface area contributed by atoms with Crippen molar-refractivity contribution in [1.29, 1.82) is 0 Å². The van der Waals surface area contributed by atoms with E-state index in [1.165, 1.54) is 6.07 Å². The first kappa shape index (κ1) is 9.30. The molecule has 17 heavy (non-hydrogen) atoms. The second kappa shape index (κ2) is 2.92. The van der Waals surface area contributed by atoms with Crippen LogP contribution < -0.4 is 0 Å². The molecule has 0 spiro atoms. The Labute approximate surface area is 101 Å². The first-order valence-corrected chi connectivity index (χ1v) is 6.18. The molecule has 5 heteroatoms. The molecule has 2 heterocycles. The Morgan fingerprint density at radius 2 is 2.29 bits per heavy atom. The van der Waals surface area contributed by atoms with Crippen molar-refractivity contribution in [3.8, 4) is 11.3 Å². The summed E-state index contributed by atoms with van der Waals surface area (Å²) in [4.78, 5) is 5.50. The molecule has 2 aromatic heterocycles. The van der Waals surface area contributed by atoms with Crippen LogP contribution in [0, 0.1) is 12.7 Å². The smallest absolute Gasteiger partial charge is 0.212 e. The van der Waals surface area contributed by atoms with Gasteiger partial charge in [-0.15, -0.1) is 0 Å². The fourth-order valence-corrected chi connectivity index (χ4v) is 3.14. The third-order valence-corrected chi connectivity index (χ3v) is 3.90. The van der Waals surface area contributed by atoms with Gasteiger partial charge in [0.1, 0.15) is 10.8 Å². The van der Waals surface area contributed by atoms with Crippen molar-refractivity contribution in [2.24, 2.45) is 0 Å². The number of hydrogen-bond donors (Lipinski definition) is 0. The highest BCUT2D eigenvalue weighted by molar-refractivity contribution is 7.16. The summed E-state index contributed by atoms with van der Waals surface area (Å²) in [5.74, 6) is -0.190. The molecule has 3 nitrogen and oxygen atoms in total. The van der Waals surface area contributed by atoms with Gasteiger partial charge >= 0.3 is 0 Å². The highest BCUT2D eigenvalue weighted by atomic mass is 32.1. The van der Waals surface area contributed by atoms with Gasteiger partial charge in [-0.3, -0.25) is 0 Å². The lowest BCUT2D eigenvalue weighted by Gasteiger charge is -1.97. The van der Waals surface area contributed by atoms with Crippen LogP contribution in [0.3, 0.4) is 0 Å². The lowest BCUT2D eigenvalue weighted by Crippen LogP contribution is -1.92. The maximum atomic E-state index is 13.2. The molecular weight excluding hydrogens is 237 g/mol. The summed E-state index contributed by atoms with van der Waals surface area (Å²) in [6, 6.07) is 4.88. The zero-order valence-corrected chi connectivity index (χ0v) is 9.88. The molecule has 0 N–H and O–H groups in total. The third-order valence-electron chi connectivity index (χ3n) is 3.08. The summed E-state index contributed by atoms with van der Waals surface area (Å²) in [5.41, 5.74) is 4.07. The van der Waals surface area contributed by atoms with Crippen LogP contribution in [0.4, 0.5) is 4.39 Å². The molecule has 0 atom stereocenters. The summed E-state index contributed by atoms with van der Waals surface area (Å²) in [6.45, 7) is 1.97. The quantitative estimate of drug-likeness (QED) is 0.477. The zero-order valence-electron chi connectivity index (χ0n) is 9.07. The van der Waals surface area contributed by atoms with Gasteiger partial charge in [-0.2, -0.15) is 5.10 Å². The van der Waals surface area contributed by atoms with Gasteiger partial charge in [-0.25, -0.2) is 13.9 Å². The Kier molecular flexibility index (Phi) is 1.60. The topological polar surface area (TPSA) is 30.2 Å². The minimum absolute atomic E-state index is 0.190. The number of aromatic nitrogens is 3. The number of aryl methyl sites for hydroxylation is 1. The number of imidazole rings is 1. The van der Waals surface area contributed by atoms with E-state index in [9.17, 15) is 4.39 Å².